The summed E-state index contributed by atoms with van der Waals surface area (Å²) in [6.07, 6.45) is 5.13. The average Bonchev–Trinajstić information content (AvgIpc) is 2.98. The minimum absolute atomic E-state index is 0.0329. The molecule has 0 radical (unpaired) electrons. The number of hydrogen-bond acceptors (Lipinski definition) is 7. The smallest absolute Gasteiger partial charge is 0.410 e. The molecule has 0 aromatic heterocycles. The lowest BCUT2D eigenvalue weighted by Gasteiger charge is -2.29. The minimum atomic E-state index is -3.74. The van der Waals surface area contributed by atoms with Gasteiger partial charge in [0.1, 0.15) is 11.4 Å². The van der Waals surface area contributed by atoms with E-state index in [4.69, 9.17) is 9.47 Å². The lowest BCUT2D eigenvalue weighted by molar-refractivity contribution is 0.0147. The lowest BCUT2D eigenvalue weighted by Crippen LogP contribution is -2.40. The Kier molecular flexibility index (Phi) is 11.3. The molecule has 0 heterocycles. The molecule has 1 aliphatic carbocycles. The summed E-state index contributed by atoms with van der Waals surface area (Å²) in [4.78, 5) is 27.4. The number of amides is 2. The second kappa shape index (κ2) is 14.9. The van der Waals surface area contributed by atoms with E-state index in [1.807, 2.05) is 80.1 Å². The molecule has 9 nitrogen and oxygen atoms in total. The van der Waals surface area contributed by atoms with Crippen molar-refractivity contribution in [2.75, 3.05) is 19.3 Å². The fourth-order valence-electron chi connectivity index (χ4n) is 5.27. The highest BCUT2D eigenvalue weighted by atomic mass is 32.2. The molecule has 1 aliphatic rings. The molecule has 0 saturated heterocycles. The Morgan fingerprint density at radius 1 is 0.956 bits per heavy atom. The Morgan fingerprint density at radius 2 is 1.60 bits per heavy atom. The minimum Gasteiger partial charge on any atom is -0.490 e. The number of rotatable bonds is 11. The van der Waals surface area contributed by atoms with Crippen LogP contribution in [0.15, 0.2) is 72.8 Å². The van der Waals surface area contributed by atoms with E-state index >= 15 is 0 Å². The molecule has 3 aromatic rings. The van der Waals surface area contributed by atoms with Crippen molar-refractivity contribution in [2.24, 2.45) is 0 Å². The standard InChI is InChI=1S/C35H44N2O7S/c1-35(2,3)44-34(40)37(24-31(38)27-11-7-5-8-12-27)22-21-25-15-17-26(18-16-25)28-19-20-30(33(39)36-45(4,41)42)32(23-28)43-29-13-9-6-10-14-29/h5,7-8,11-12,15-20,23,29,31,38H,6,9-10,13-14,21-22,24H2,1-4H3,(H,36,39)/t31-/m0/s1. The van der Waals surface area contributed by atoms with Gasteiger partial charge in [-0.1, -0.05) is 67.1 Å². The summed E-state index contributed by atoms with van der Waals surface area (Å²) >= 11 is 0. The molecule has 45 heavy (non-hydrogen) atoms. The van der Waals surface area contributed by atoms with Crippen molar-refractivity contribution in [3.63, 3.8) is 0 Å². The highest BCUT2D eigenvalue weighted by molar-refractivity contribution is 7.89. The van der Waals surface area contributed by atoms with Gasteiger partial charge in [0.25, 0.3) is 5.91 Å². The largest absolute Gasteiger partial charge is 0.490 e. The van der Waals surface area contributed by atoms with Crippen LogP contribution in [0, 0.1) is 0 Å². The van der Waals surface area contributed by atoms with Crippen LogP contribution in [-0.2, 0) is 21.2 Å². The summed E-state index contributed by atoms with van der Waals surface area (Å²) in [6, 6.07) is 22.3. The molecule has 0 aliphatic heterocycles. The highest BCUT2D eigenvalue weighted by Gasteiger charge is 2.25. The number of hydrogen-bond donors (Lipinski definition) is 2. The molecule has 1 saturated carbocycles. The number of benzene rings is 3. The van der Waals surface area contributed by atoms with Gasteiger partial charge in [0.05, 0.1) is 30.6 Å². The number of carbonyl (C=O) groups excluding carboxylic acids is 2. The van der Waals surface area contributed by atoms with Gasteiger partial charge < -0.3 is 19.5 Å². The molecule has 2 N–H and O–H groups in total. The zero-order valence-corrected chi connectivity index (χ0v) is 27.3. The maximum atomic E-state index is 13.0. The third kappa shape index (κ3) is 10.6. The molecule has 4 rings (SSSR count). The van der Waals surface area contributed by atoms with Gasteiger partial charge >= 0.3 is 6.09 Å². The van der Waals surface area contributed by atoms with Gasteiger partial charge in [-0.3, -0.25) is 4.79 Å². The zero-order valence-electron chi connectivity index (χ0n) is 26.5. The van der Waals surface area contributed by atoms with Gasteiger partial charge in [-0.25, -0.2) is 17.9 Å². The van der Waals surface area contributed by atoms with Crippen LogP contribution >= 0.6 is 0 Å². The van der Waals surface area contributed by atoms with Gasteiger partial charge in [-0.15, -0.1) is 0 Å². The third-order valence-electron chi connectivity index (χ3n) is 7.54. The van der Waals surface area contributed by atoms with Gasteiger partial charge in [0, 0.05) is 6.54 Å². The number of nitrogens with zero attached hydrogens (tertiary/aromatic N) is 1. The van der Waals surface area contributed by atoms with Crippen LogP contribution in [-0.4, -0.2) is 61.5 Å². The fourth-order valence-corrected chi connectivity index (χ4v) is 5.72. The zero-order chi connectivity index (χ0) is 32.6. The SMILES string of the molecule is CC(C)(C)OC(=O)N(CCc1ccc(-c2ccc(C(=O)NS(C)(=O)=O)c(OC3CCCCC3)c2)cc1)C[C@H](O)c1ccccc1. The molecular weight excluding hydrogens is 592 g/mol. The molecule has 242 valence electrons. The highest BCUT2D eigenvalue weighted by Crippen LogP contribution is 2.31. The lowest BCUT2D eigenvalue weighted by atomic mass is 9.97. The molecule has 3 aromatic carbocycles. The van der Waals surface area contributed by atoms with Crippen molar-refractivity contribution < 1.29 is 32.6 Å². The molecule has 2 amide bonds. The summed E-state index contributed by atoms with van der Waals surface area (Å²) < 4.78 is 37.4. The van der Waals surface area contributed by atoms with Crippen molar-refractivity contribution in [1.82, 2.24) is 9.62 Å². The van der Waals surface area contributed by atoms with E-state index in [1.165, 1.54) is 4.90 Å². The fraction of sp³-hybridized carbons (Fsp3) is 0.429. The van der Waals surface area contributed by atoms with Crippen LogP contribution < -0.4 is 9.46 Å². The van der Waals surface area contributed by atoms with E-state index < -0.39 is 33.7 Å². The number of carbonyl (C=O) groups is 2. The predicted molar refractivity (Wildman–Crippen MR) is 175 cm³/mol. The monoisotopic (exact) mass is 636 g/mol. The predicted octanol–water partition coefficient (Wildman–Crippen LogP) is 6.27. The summed E-state index contributed by atoms with van der Waals surface area (Å²) in [5, 5.41) is 10.8. The Morgan fingerprint density at radius 3 is 2.22 bits per heavy atom. The maximum absolute atomic E-state index is 13.0. The van der Waals surface area contributed by atoms with Crippen molar-refractivity contribution in [2.45, 2.75) is 77.1 Å². The van der Waals surface area contributed by atoms with E-state index in [1.54, 1.807) is 18.2 Å². The second-order valence-corrected chi connectivity index (χ2v) is 14.3. The Bertz CT molecular complexity index is 1550. The molecule has 0 bridgehead atoms. The Hall–Kier alpha value is -3.89. The molecule has 1 atom stereocenters. The number of aliphatic hydroxyl groups excluding tert-OH is 1. The van der Waals surface area contributed by atoms with E-state index in [9.17, 15) is 23.1 Å². The van der Waals surface area contributed by atoms with Crippen LogP contribution in [0.5, 0.6) is 5.75 Å². The van der Waals surface area contributed by atoms with Crippen molar-refractivity contribution >= 4 is 22.0 Å². The van der Waals surface area contributed by atoms with Gasteiger partial charge in [0.2, 0.25) is 10.0 Å². The number of aliphatic hydroxyl groups is 1. The Balaban J connectivity index is 1.50. The third-order valence-corrected chi connectivity index (χ3v) is 8.09. The first-order chi connectivity index (χ1) is 21.3. The van der Waals surface area contributed by atoms with E-state index in [2.05, 4.69) is 0 Å². The summed E-state index contributed by atoms with van der Waals surface area (Å²) in [5.41, 5.74) is 2.93. The Labute approximate surface area is 266 Å². The molecule has 1 fully saturated rings. The topological polar surface area (TPSA) is 122 Å². The first kappa shape index (κ1) is 34.0. The molecule has 0 unspecified atom stereocenters. The number of sulfonamides is 1. The normalized spacial score (nSPS) is 14.8. The van der Waals surface area contributed by atoms with Crippen molar-refractivity contribution in [3.05, 3.63) is 89.5 Å². The summed E-state index contributed by atoms with van der Waals surface area (Å²) in [7, 11) is -3.74. The van der Waals surface area contributed by atoms with E-state index in [0.717, 1.165) is 60.6 Å². The molecular formula is C35H44N2O7S. The number of ether oxygens (including phenoxy) is 2. The van der Waals surface area contributed by atoms with Gasteiger partial charge in [-0.2, -0.15) is 0 Å². The average molecular weight is 637 g/mol. The van der Waals surface area contributed by atoms with E-state index in [0.29, 0.717) is 18.7 Å². The van der Waals surface area contributed by atoms with Crippen molar-refractivity contribution in [3.8, 4) is 16.9 Å². The van der Waals surface area contributed by atoms with Gasteiger partial charge in [0.15, 0.2) is 0 Å². The van der Waals surface area contributed by atoms with Crippen LogP contribution in [0.25, 0.3) is 11.1 Å². The summed E-state index contributed by atoms with van der Waals surface area (Å²) in [5.74, 6) is -0.369. The quantitative estimate of drug-likeness (QED) is 0.255. The molecule has 0 spiro atoms. The van der Waals surface area contributed by atoms with Crippen LogP contribution in [0.4, 0.5) is 4.79 Å². The van der Waals surface area contributed by atoms with E-state index in [-0.39, 0.29) is 18.2 Å². The molecule has 10 heteroatoms. The van der Waals surface area contributed by atoms with Crippen molar-refractivity contribution in [1.29, 1.82) is 0 Å². The van der Waals surface area contributed by atoms with Crippen LogP contribution in [0.3, 0.4) is 0 Å². The van der Waals surface area contributed by atoms with Gasteiger partial charge in [-0.05, 0) is 87.3 Å². The summed E-state index contributed by atoms with van der Waals surface area (Å²) in [6.45, 7) is 5.88. The number of nitrogens with one attached hydrogen (secondary N) is 1. The maximum Gasteiger partial charge on any atom is 0.410 e. The van der Waals surface area contributed by atoms with Crippen LogP contribution in [0.1, 0.15) is 80.5 Å². The first-order valence-corrected chi connectivity index (χ1v) is 17.3. The van der Waals surface area contributed by atoms with Crippen LogP contribution in [0.2, 0.25) is 0 Å². The second-order valence-electron chi connectivity index (χ2n) is 12.6. The first-order valence-electron chi connectivity index (χ1n) is 15.4.